The zero-order valence-corrected chi connectivity index (χ0v) is 15.2. The molecule has 0 aromatic carbocycles. The summed E-state index contributed by atoms with van der Waals surface area (Å²) in [5.74, 6) is 0.141. The van der Waals surface area contributed by atoms with Crippen LogP contribution in [0.15, 0.2) is 16.4 Å². The first kappa shape index (κ1) is 19.2. The molecule has 1 atom stereocenters. The van der Waals surface area contributed by atoms with Crippen molar-refractivity contribution in [3.8, 4) is 0 Å². The summed E-state index contributed by atoms with van der Waals surface area (Å²) in [6.07, 6.45) is 3.34. The highest BCUT2D eigenvalue weighted by molar-refractivity contribution is 7.87. The monoisotopic (exact) mass is 395 g/mol. The second kappa shape index (κ2) is 6.22. The number of carbonyl (C=O) groups is 1. The van der Waals surface area contributed by atoms with Crippen LogP contribution in [-0.4, -0.2) is 43.3 Å². The molecule has 0 aromatic rings. The van der Waals surface area contributed by atoms with E-state index in [4.69, 9.17) is 0 Å². The largest absolute Gasteiger partial charge is 0.523 e. The van der Waals surface area contributed by atoms with Gasteiger partial charge in [0.05, 0.1) is 0 Å². The van der Waals surface area contributed by atoms with Crippen molar-refractivity contribution in [1.82, 2.24) is 10.2 Å². The molecule has 11 heteroatoms. The summed E-state index contributed by atoms with van der Waals surface area (Å²) < 4.78 is 64.2. The lowest BCUT2D eigenvalue weighted by Gasteiger charge is -2.44. The highest BCUT2D eigenvalue weighted by Crippen LogP contribution is 2.40. The van der Waals surface area contributed by atoms with Gasteiger partial charge in [0.25, 0.3) is 0 Å². The van der Waals surface area contributed by atoms with Crippen LogP contribution in [0, 0.1) is 5.41 Å². The van der Waals surface area contributed by atoms with Crippen LogP contribution in [0.2, 0.25) is 0 Å². The summed E-state index contributed by atoms with van der Waals surface area (Å²) in [7, 11) is -5.81. The molecule has 3 rings (SSSR count). The standard InChI is InChI=1S/C15H20F3N3O4S/c1-14(2)7-9-8-19-13(25-26(23,24)15(16,17)18)20-11(9)21(12(14)22)10-5-3-4-6-10/h8,10,13,20H,3-7H2,1-2H3. The van der Waals surface area contributed by atoms with E-state index in [-0.39, 0.29) is 11.9 Å². The van der Waals surface area contributed by atoms with Gasteiger partial charge in [-0.25, -0.2) is 9.18 Å². The van der Waals surface area contributed by atoms with Crippen LogP contribution in [0.5, 0.6) is 0 Å². The summed E-state index contributed by atoms with van der Waals surface area (Å²) in [6.45, 7) is 3.59. The lowest BCUT2D eigenvalue weighted by molar-refractivity contribution is -0.142. The van der Waals surface area contributed by atoms with Crippen molar-refractivity contribution in [3.05, 3.63) is 11.4 Å². The van der Waals surface area contributed by atoms with Crippen molar-refractivity contribution in [2.24, 2.45) is 10.4 Å². The number of alkyl halides is 3. The maximum atomic E-state index is 12.9. The zero-order valence-electron chi connectivity index (χ0n) is 14.3. The quantitative estimate of drug-likeness (QED) is 0.585. The average Bonchev–Trinajstić information content (AvgIpc) is 3.01. The van der Waals surface area contributed by atoms with Gasteiger partial charge < -0.3 is 5.32 Å². The predicted molar refractivity (Wildman–Crippen MR) is 86.0 cm³/mol. The van der Waals surface area contributed by atoms with E-state index >= 15 is 0 Å². The third-order valence-corrected chi connectivity index (χ3v) is 5.79. The van der Waals surface area contributed by atoms with Gasteiger partial charge in [-0.15, -0.1) is 0 Å². The van der Waals surface area contributed by atoms with Gasteiger partial charge in [0.15, 0.2) is 0 Å². The number of amides is 1. The Labute approximate surface area is 149 Å². The van der Waals surface area contributed by atoms with Crippen molar-refractivity contribution >= 4 is 22.2 Å². The minimum absolute atomic E-state index is 0.0778. The molecular formula is C15H20F3N3O4S. The summed E-state index contributed by atoms with van der Waals surface area (Å²) in [5, 5.41) is 2.56. The van der Waals surface area contributed by atoms with Gasteiger partial charge in [0.1, 0.15) is 5.82 Å². The lowest BCUT2D eigenvalue weighted by Crippen LogP contribution is -2.55. The maximum Gasteiger partial charge on any atom is 0.523 e. The van der Waals surface area contributed by atoms with Crippen LogP contribution >= 0.6 is 0 Å². The normalized spacial score (nSPS) is 26.9. The highest BCUT2D eigenvalue weighted by Gasteiger charge is 2.50. The Hall–Kier alpha value is -1.62. The fourth-order valence-electron chi connectivity index (χ4n) is 3.53. The third-order valence-electron chi connectivity index (χ3n) is 4.79. The summed E-state index contributed by atoms with van der Waals surface area (Å²) in [5.41, 5.74) is -5.58. The fourth-order valence-corrected chi connectivity index (χ4v) is 3.98. The Morgan fingerprint density at radius 3 is 2.50 bits per heavy atom. The number of allylic oxidation sites excluding steroid dienone is 1. The number of carbonyl (C=O) groups excluding carboxylic acids is 1. The Kier molecular flexibility index (Phi) is 4.58. The smallest absolute Gasteiger partial charge is 0.326 e. The molecule has 3 aliphatic rings. The number of aliphatic imine (C=N–C) groups is 1. The van der Waals surface area contributed by atoms with Crippen LogP contribution in [0.3, 0.4) is 0 Å². The Balaban J connectivity index is 1.89. The fraction of sp³-hybridized carbons (Fsp3) is 0.733. The van der Waals surface area contributed by atoms with Crippen LogP contribution in [0.4, 0.5) is 13.2 Å². The van der Waals surface area contributed by atoms with Gasteiger partial charge in [-0.1, -0.05) is 26.7 Å². The minimum Gasteiger partial charge on any atom is -0.326 e. The van der Waals surface area contributed by atoms with E-state index in [0.29, 0.717) is 17.8 Å². The van der Waals surface area contributed by atoms with Crippen molar-refractivity contribution in [2.75, 3.05) is 0 Å². The molecule has 26 heavy (non-hydrogen) atoms. The highest BCUT2D eigenvalue weighted by atomic mass is 32.2. The second-order valence-corrected chi connectivity index (χ2v) is 8.88. The zero-order chi connectivity index (χ0) is 19.3. The first-order valence-electron chi connectivity index (χ1n) is 8.28. The molecule has 0 aromatic heterocycles. The predicted octanol–water partition coefficient (Wildman–Crippen LogP) is 2.22. The van der Waals surface area contributed by atoms with Gasteiger partial charge in [-0.2, -0.15) is 21.6 Å². The summed E-state index contributed by atoms with van der Waals surface area (Å²) >= 11 is 0. The van der Waals surface area contributed by atoms with Crippen molar-refractivity contribution < 1.29 is 30.6 Å². The van der Waals surface area contributed by atoms with Crippen LogP contribution < -0.4 is 5.32 Å². The molecule has 1 N–H and O–H groups in total. The number of hydrogen-bond donors (Lipinski definition) is 1. The van der Waals surface area contributed by atoms with Crippen LogP contribution in [0.1, 0.15) is 46.0 Å². The van der Waals surface area contributed by atoms with Crippen molar-refractivity contribution in [2.45, 2.75) is 63.9 Å². The molecule has 1 fully saturated rings. The van der Waals surface area contributed by atoms with E-state index in [1.807, 2.05) is 0 Å². The number of rotatable bonds is 3. The van der Waals surface area contributed by atoms with E-state index in [0.717, 1.165) is 25.7 Å². The molecular weight excluding hydrogens is 375 g/mol. The second-order valence-electron chi connectivity index (χ2n) is 7.32. The van der Waals surface area contributed by atoms with Crippen molar-refractivity contribution in [1.29, 1.82) is 0 Å². The summed E-state index contributed by atoms with van der Waals surface area (Å²) in [4.78, 5) is 18.2. The van der Waals surface area contributed by atoms with E-state index in [1.54, 1.807) is 18.7 Å². The Bertz CT molecular complexity index is 767. The maximum absolute atomic E-state index is 12.9. The number of nitrogens with one attached hydrogen (secondary N) is 1. The molecule has 0 spiro atoms. The van der Waals surface area contributed by atoms with E-state index in [2.05, 4.69) is 14.5 Å². The van der Waals surface area contributed by atoms with E-state index in [1.165, 1.54) is 6.21 Å². The lowest BCUT2D eigenvalue weighted by atomic mass is 9.80. The first-order valence-corrected chi connectivity index (χ1v) is 9.69. The van der Waals surface area contributed by atoms with E-state index in [9.17, 15) is 26.4 Å². The molecule has 1 aliphatic carbocycles. The molecule has 0 bridgehead atoms. The molecule has 0 saturated heterocycles. The number of nitrogens with zero attached hydrogens (tertiary/aromatic N) is 2. The van der Waals surface area contributed by atoms with Gasteiger partial charge in [0, 0.05) is 23.2 Å². The Morgan fingerprint density at radius 2 is 1.92 bits per heavy atom. The minimum atomic E-state index is -5.81. The van der Waals surface area contributed by atoms with E-state index < -0.39 is 27.4 Å². The third kappa shape index (κ3) is 3.34. The SMILES string of the molecule is CC1(C)CC2=C(NC(OS(=O)(=O)C(F)(F)F)N=C2)N(C2CCCC2)C1=O. The molecule has 1 unspecified atom stereocenters. The molecule has 146 valence electrons. The van der Waals surface area contributed by atoms with Gasteiger partial charge in [-0.05, 0) is 19.3 Å². The van der Waals surface area contributed by atoms with Crippen molar-refractivity contribution in [3.63, 3.8) is 0 Å². The number of hydrogen-bond acceptors (Lipinski definition) is 6. The molecule has 2 heterocycles. The van der Waals surface area contributed by atoms with Crippen LogP contribution in [-0.2, 0) is 19.1 Å². The molecule has 1 amide bonds. The van der Waals surface area contributed by atoms with Gasteiger partial charge >= 0.3 is 15.6 Å². The summed E-state index contributed by atoms with van der Waals surface area (Å²) in [6, 6.07) is -0.0778. The molecule has 2 aliphatic heterocycles. The van der Waals surface area contributed by atoms with Crippen LogP contribution in [0.25, 0.3) is 0 Å². The van der Waals surface area contributed by atoms with Gasteiger partial charge in [0.2, 0.25) is 12.3 Å². The number of halogens is 3. The topological polar surface area (TPSA) is 88.1 Å². The average molecular weight is 395 g/mol. The molecule has 7 nitrogen and oxygen atoms in total. The molecule has 1 saturated carbocycles. The van der Waals surface area contributed by atoms with Gasteiger partial charge in [-0.3, -0.25) is 9.69 Å². The molecule has 0 radical (unpaired) electrons. The first-order chi connectivity index (χ1) is 11.9. The Morgan fingerprint density at radius 1 is 1.31 bits per heavy atom.